The van der Waals surface area contributed by atoms with E-state index in [1.54, 1.807) is 11.3 Å². The molecule has 104 valence electrons. The standard InChI is InChI=1S/C13H10Cl2FN3S/c1-7-11(19-2-3-20-13(19)18-7)6-17-8-4-9(14)12(16)10(15)5-8/h2-5,17H,6H2,1H3. The largest absolute Gasteiger partial charge is 0.379 e. The molecule has 0 aliphatic heterocycles. The van der Waals surface area contributed by atoms with Crippen LogP contribution in [0.3, 0.4) is 0 Å². The number of aromatic nitrogens is 2. The molecule has 0 amide bonds. The lowest BCUT2D eigenvalue weighted by Gasteiger charge is -2.08. The predicted molar refractivity (Wildman–Crippen MR) is 81.6 cm³/mol. The van der Waals surface area contributed by atoms with Crippen LogP contribution >= 0.6 is 34.5 Å². The van der Waals surface area contributed by atoms with E-state index < -0.39 is 5.82 Å². The van der Waals surface area contributed by atoms with Crippen molar-refractivity contribution >= 4 is 45.2 Å². The molecule has 1 aromatic carbocycles. The van der Waals surface area contributed by atoms with Crippen molar-refractivity contribution in [2.24, 2.45) is 0 Å². The van der Waals surface area contributed by atoms with E-state index in [-0.39, 0.29) is 10.0 Å². The zero-order chi connectivity index (χ0) is 14.3. The molecule has 0 radical (unpaired) electrons. The van der Waals surface area contributed by atoms with Gasteiger partial charge in [0, 0.05) is 17.3 Å². The van der Waals surface area contributed by atoms with Gasteiger partial charge in [-0.1, -0.05) is 23.2 Å². The van der Waals surface area contributed by atoms with E-state index in [0.717, 1.165) is 16.3 Å². The summed E-state index contributed by atoms with van der Waals surface area (Å²) in [6.07, 6.45) is 1.97. The number of hydrogen-bond donors (Lipinski definition) is 1. The van der Waals surface area contributed by atoms with Crippen LogP contribution < -0.4 is 5.32 Å². The highest BCUT2D eigenvalue weighted by Gasteiger charge is 2.11. The van der Waals surface area contributed by atoms with Crippen LogP contribution in [0, 0.1) is 12.7 Å². The van der Waals surface area contributed by atoms with Crippen LogP contribution in [-0.4, -0.2) is 9.38 Å². The Labute approximate surface area is 129 Å². The third-order valence-electron chi connectivity index (χ3n) is 3.01. The number of fused-ring (bicyclic) bond motifs is 1. The highest BCUT2D eigenvalue weighted by molar-refractivity contribution is 7.15. The molecule has 0 fully saturated rings. The predicted octanol–water partition coefficient (Wildman–Crippen LogP) is 4.76. The van der Waals surface area contributed by atoms with E-state index in [1.165, 1.54) is 12.1 Å². The number of aryl methyl sites for hydroxylation is 1. The average Bonchev–Trinajstić information content (AvgIpc) is 2.94. The van der Waals surface area contributed by atoms with Crippen LogP contribution in [0.2, 0.25) is 10.0 Å². The van der Waals surface area contributed by atoms with Crippen molar-refractivity contribution in [3.8, 4) is 0 Å². The molecule has 0 aliphatic carbocycles. The molecule has 0 spiro atoms. The van der Waals surface area contributed by atoms with Crippen LogP contribution in [0.15, 0.2) is 23.7 Å². The number of halogens is 3. The van der Waals surface area contributed by atoms with Gasteiger partial charge in [-0.2, -0.15) is 0 Å². The van der Waals surface area contributed by atoms with Gasteiger partial charge in [0.2, 0.25) is 0 Å². The Kier molecular flexibility index (Phi) is 3.58. The fourth-order valence-corrected chi connectivity index (χ4v) is 3.26. The molecule has 3 aromatic rings. The maximum atomic E-state index is 13.4. The van der Waals surface area contributed by atoms with Gasteiger partial charge in [0.1, 0.15) is 0 Å². The molecule has 2 aromatic heterocycles. The quantitative estimate of drug-likeness (QED) is 0.702. The first-order valence-corrected chi connectivity index (χ1v) is 7.49. The van der Waals surface area contributed by atoms with Gasteiger partial charge in [-0.15, -0.1) is 11.3 Å². The van der Waals surface area contributed by atoms with Crippen LogP contribution in [0.5, 0.6) is 0 Å². The second kappa shape index (κ2) is 5.24. The van der Waals surface area contributed by atoms with Gasteiger partial charge >= 0.3 is 0 Å². The second-order valence-corrected chi connectivity index (χ2v) is 5.99. The molecule has 7 heteroatoms. The van der Waals surface area contributed by atoms with Crippen molar-refractivity contribution in [3.05, 3.63) is 51.0 Å². The molecule has 0 aliphatic rings. The van der Waals surface area contributed by atoms with E-state index >= 15 is 0 Å². The molecular weight excluding hydrogens is 320 g/mol. The lowest BCUT2D eigenvalue weighted by Crippen LogP contribution is -2.03. The molecule has 20 heavy (non-hydrogen) atoms. The van der Waals surface area contributed by atoms with Crippen molar-refractivity contribution in [1.82, 2.24) is 9.38 Å². The van der Waals surface area contributed by atoms with E-state index in [2.05, 4.69) is 10.3 Å². The molecule has 0 saturated carbocycles. The fraction of sp³-hybridized carbons (Fsp3) is 0.154. The summed E-state index contributed by atoms with van der Waals surface area (Å²) in [5.74, 6) is -0.598. The van der Waals surface area contributed by atoms with E-state index in [9.17, 15) is 4.39 Å². The van der Waals surface area contributed by atoms with Gasteiger partial charge in [-0.05, 0) is 19.1 Å². The number of nitrogens with zero attached hydrogens (tertiary/aromatic N) is 2. The average molecular weight is 330 g/mol. The summed E-state index contributed by atoms with van der Waals surface area (Å²) in [6, 6.07) is 3.04. The summed E-state index contributed by atoms with van der Waals surface area (Å²) in [5.41, 5.74) is 2.69. The first-order chi connectivity index (χ1) is 9.56. The fourth-order valence-electron chi connectivity index (χ4n) is 2.00. The second-order valence-electron chi connectivity index (χ2n) is 4.31. The lowest BCUT2D eigenvalue weighted by molar-refractivity contribution is 0.629. The number of hydrogen-bond acceptors (Lipinski definition) is 3. The normalized spacial score (nSPS) is 11.2. The Bertz CT molecular complexity index is 758. The third-order valence-corrected chi connectivity index (χ3v) is 4.31. The highest BCUT2D eigenvalue weighted by Crippen LogP contribution is 2.28. The van der Waals surface area contributed by atoms with E-state index in [1.807, 2.05) is 22.9 Å². The molecule has 2 heterocycles. The van der Waals surface area contributed by atoms with Crippen molar-refractivity contribution < 1.29 is 4.39 Å². The number of nitrogens with one attached hydrogen (secondary N) is 1. The number of benzene rings is 1. The lowest BCUT2D eigenvalue weighted by atomic mass is 10.3. The summed E-state index contributed by atoms with van der Waals surface area (Å²) in [6.45, 7) is 2.52. The molecule has 3 nitrogen and oxygen atoms in total. The van der Waals surface area contributed by atoms with Crippen molar-refractivity contribution in [1.29, 1.82) is 0 Å². The zero-order valence-electron chi connectivity index (χ0n) is 10.5. The number of rotatable bonds is 3. The summed E-state index contributed by atoms with van der Waals surface area (Å²) in [4.78, 5) is 5.42. The topological polar surface area (TPSA) is 29.3 Å². The van der Waals surface area contributed by atoms with Gasteiger partial charge in [0.05, 0.1) is 28.0 Å². The van der Waals surface area contributed by atoms with E-state index in [4.69, 9.17) is 23.2 Å². The number of anilines is 1. The van der Waals surface area contributed by atoms with Gasteiger partial charge < -0.3 is 5.32 Å². The summed E-state index contributed by atoms with van der Waals surface area (Å²) in [7, 11) is 0. The first-order valence-electron chi connectivity index (χ1n) is 5.85. The molecule has 0 unspecified atom stereocenters. The SMILES string of the molecule is Cc1nc2sccn2c1CNc1cc(Cl)c(F)c(Cl)c1. The van der Waals surface area contributed by atoms with Crippen molar-refractivity contribution in [3.63, 3.8) is 0 Å². The third kappa shape index (κ3) is 2.37. The molecule has 1 N–H and O–H groups in total. The summed E-state index contributed by atoms with van der Waals surface area (Å²) in [5, 5.41) is 5.18. The van der Waals surface area contributed by atoms with Crippen LogP contribution in [0.4, 0.5) is 10.1 Å². The maximum absolute atomic E-state index is 13.4. The monoisotopic (exact) mass is 329 g/mol. The van der Waals surface area contributed by atoms with Gasteiger partial charge in [-0.25, -0.2) is 9.37 Å². The maximum Gasteiger partial charge on any atom is 0.194 e. The summed E-state index contributed by atoms with van der Waals surface area (Å²) >= 11 is 13.1. The number of thiazole rings is 1. The zero-order valence-corrected chi connectivity index (χ0v) is 12.8. The minimum atomic E-state index is -0.598. The van der Waals surface area contributed by atoms with E-state index in [0.29, 0.717) is 12.2 Å². The van der Waals surface area contributed by atoms with Crippen molar-refractivity contribution in [2.75, 3.05) is 5.32 Å². The Balaban J connectivity index is 1.86. The molecule has 0 bridgehead atoms. The van der Waals surface area contributed by atoms with Crippen molar-refractivity contribution in [2.45, 2.75) is 13.5 Å². The van der Waals surface area contributed by atoms with Gasteiger partial charge in [0.15, 0.2) is 10.8 Å². The Morgan fingerprint density at radius 1 is 1.35 bits per heavy atom. The van der Waals surface area contributed by atoms with Crippen LogP contribution in [-0.2, 0) is 6.54 Å². The Morgan fingerprint density at radius 3 is 2.75 bits per heavy atom. The van der Waals surface area contributed by atoms with Crippen LogP contribution in [0.1, 0.15) is 11.4 Å². The Morgan fingerprint density at radius 2 is 2.05 bits per heavy atom. The minimum Gasteiger partial charge on any atom is -0.379 e. The first kappa shape index (κ1) is 13.7. The molecule has 3 rings (SSSR count). The minimum absolute atomic E-state index is 0.00527. The van der Waals surface area contributed by atoms with Gasteiger partial charge in [-0.3, -0.25) is 4.40 Å². The molecular formula is C13H10Cl2FN3S. The van der Waals surface area contributed by atoms with Gasteiger partial charge in [0.25, 0.3) is 0 Å². The smallest absolute Gasteiger partial charge is 0.194 e. The number of imidazole rings is 1. The van der Waals surface area contributed by atoms with Crippen LogP contribution in [0.25, 0.3) is 4.96 Å². The summed E-state index contributed by atoms with van der Waals surface area (Å²) < 4.78 is 15.4. The molecule has 0 saturated heterocycles. The molecule has 0 atom stereocenters. The highest BCUT2D eigenvalue weighted by atomic mass is 35.5. The Hall–Kier alpha value is -1.30.